The molecule has 4 heteroatoms. The number of nitrogens with one attached hydrogen (secondary N) is 1. The molecule has 1 N–H and O–H groups in total. The first-order chi connectivity index (χ1) is 9.56. The van der Waals surface area contributed by atoms with Crippen molar-refractivity contribution in [2.45, 2.75) is 56.8 Å². The van der Waals surface area contributed by atoms with Crippen LogP contribution in [0.4, 0.5) is 0 Å². The van der Waals surface area contributed by atoms with Crippen molar-refractivity contribution in [1.82, 2.24) is 5.32 Å². The highest BCUT2D eigenvalue weighted by molar-refractivity contribution is 8.00. The molecule has 0 fully saturated rings. The number of hydrogen-bond acceptors (Lipinski definition) is 4. The van der Waals surface area contributed by atoms with Crippen molar-refractivity contribution in [3.63, 3.8) is 0 Å². The Hall–Kier alpha value is -1.00. The summed E-state index contributed by atoms with van der Waals surface area (Å²) < 4.78 is 5.10. The zero-order chi connectivity index (χ0) is 15.0. The Labute approximate surface area is 126 Å². The van der Waals surface area contributed by atoms with Crippen LogP contribution in [0.25, 0.3) is 0 Å². The van der Waals surface area contributed by atoms with Crippen LogP contribution in [0, 0.1) is 0 Å². The molecule has 1 aromatic rings. The van der Waals surface area contributed by atoms with Crippen molar-refractivity contribution in [3.8, 4) is 0 Å². The lowest BCUT2D eigenvalue weighted by atomic mass is 10.2. The van der Waals surface area contributed by atoms with E-state index in [-0.39, 0.29) is 11.2 Å². The summed E-state index contributed by atoms with van der Waals surface area (Å²) in [5.74, 6) is -0.120. The van der Waals surface area contributed by atoms with Gasteiger partial charge in [0.1, 0.15) is 5.25 Å². The largest absolute Gasteiger partial charge is 0.465 e. The molecule has 0 aliphatic carbocycles. The van der Waals surface area contributed by atoms with E-state index in [1.54, 1.807) is 11.8 Å². The molecule has 0 saturated heterocycles. The molecule has 0 heterocycles. The summed E-state index contributed by atoms with van der Waals surface area (Å²) in [7, 11) is 0. The number of ether oxygens (including phenoxy) is 1. The molecular weight excluding hydrogens is 270 g/mol. The third kappa shape index (κ3) is 5.97. The average Bonchev–Trinajstić information content (AvgIpc) is 2.43. The van der Waals surface area contributed by atoms with Gasteiger partial charge in [0.2, 0.25) is 0 Å². The molecule has 1 atom stereocenters. The first kappa shape index (κ1) is 17.1. The molecule has 3 nitrogen and oxygen atoms in total. The molecule has 0 amide bonds. The van der Waals surface area contributed by atoms with Crippen LogP contribution in [0.1, 0.15) is 39.7 Å². The van der Waals surface area contributed by atoms with Gasteiger partial charge in [-0.1, -0.05) is 32.9 Å². The van der Waals surface area contributed by atoms with Crippen LogP contribution in [0.3, 0.4) is 0 Å². The van der Waals surface area contributed by atoms with E-state index in [9.17, 15) is 4.79 Å². The standard InChI is InChI=1S/C16H25NO2S/c1-5-15(16(18)19-6-2)20-14-9-7-8-13(10-14)11-17-12(3)4/h7-10,12,15,17H,5-6,11H2,1-4H3. The number of carbonyl (C=O) groups excluding carboxylic acids is 1. The predicted octanol–water partition coefficient (Wildman–Crippen LogP) is 3.62. The minimum atomic E-state index is -0.122. The number of benzene rings is 1. The van der Waals surface area contributed by atoms with Crippen LogP contribution >= 0.6 is 11.8 Å². The summed E-state index contributed by atoms with van der Waals surface area (Å²) in [5, 5.41) is 3.28. The van der Waals surface area contributed by atoms with E-state index in [2.05, 4.69) is 31.3 Å². The first-order valence-corrected chi connectivity index (χ1v) is 8.10. The maximum atomic E-state index is 11.8. The minimum Gasteiger partial charge on any atom is -0.465 e. The molecule has 0 aliphatic rings. The highest BCUT2D eigenvalue weighted by Crippen LogP contribution is 2.27. The molecule has 0 saturated carbocycles. The fourth-order valence-electron chi connectivity index (χ4n) is 1.75. The summed E-state index contributed by atoms with van der Waals surface area (Å²) in [6.07, 6.45) is 0.776. The van der Waals surface area contributed by atoms with Crippen LogP contribution in [0.5, 0.6) is 0 Å². The lowest BCUT2D eigenvalue weighted by molar-refractivity contribution is -0.142. The Morgan fingerprint density at radius 2 is 2.10 bits per heavy atom. The summed E-state index contributed by atoms with van der Waals surface area (Å²) in [5.41, 5.74) is 1.24. The lowest BCUT2D eigenvalue weighted by Gasteiger charge is -2.14. The highest BCUT2D eigenvalue weighted by atomic mass is 32.2. The molecule has 1 aromatic carbocycles. The Bertz CT molecular complexity index is 421. The molecule has 1 rings (SSSR count). The molecule has 112 valence electrons. The maximum Gasteiger partial charge on any atom is 0.319 e. The predicted molar refractivity (Wildman–Crippen MR) is 85.0 cm³/mol. The number of esters is 1. The van der Waals surface area contributed by atoms with Crippen LogP contribution < -0.4 is 5.32 Å². The molecular formula is C16H25NO2S. The van der Waals surface area contributed by atoms with Gasteiger partial charge in [-0.2, -0.15) is 0 Å². The maximum absolute atomic E-state index is 11.8. The second-order valence-electron chi connectivity index (χ2n) is 4.95. The van der Waals surface area contributed by atoms with E-state index >= 15 is 0 Å². The fourth-order valence-corrected chi connectivity index (χ4v) is 2.78. The van der Waals surface area contributed by atoms with E-state index in [1.807, 2.05) is 26.0 Å². The third-order valence-electron chi connectivity index (χ3n) is 2.81. The lowest BCUT2D eigenvalue weighted by Crippen LogP contribution is -2.22. The van der Waals surface area contributed by atoms with Gasteiger partial charge in [-0.15, -0.1) is 11.8 Å². The Morgan fingerprint density at radius 1 is 1.35 bits per heavy atom. The van der Waals surface area contributed by atoms with Crippen molar-refractivity contribution < 1.29 is 9.53 Å². The van der Waals surface area contributed by atoms with Gasteiger partial charge < -0.3 is 10.1 Å². The summed E-state index contributed by atoms with van der Waals surface area (Å²) in [6.45, 7) is 9.40. The number of carbonyl (C=O) groups is 1. The number of rotatable bonds is 8. The van der Waals surface area contributed by atoms with Gasteiger partial charge in [0.05, 0.1) is 6.61 Å². The van der Waals surface area contributed by atoms with Crippen molar-refractivity contribution in [2.75, 3.05) is 6.61 Å². The van der Waals surface area contributed by atoms with Crippen LogP contribution in [-0.2, 0) is 16.1 Å². The minimum absolute atomic E-state index is 0.120. The monoisotopic (exact) mass is 295 g/mol. The quantitative estimate of drug-likeness (QED) is 0.587. The summed E-state index contributed by atoms with van der Waals surface area (Å²) in [4.78, 5) is 12.9. The highest BCUT2D eigenvalue weighted by Gasteiger charge is 2.18. The van der Waals surface area contributed by atoms with Crippen molar-refractivity contribution >= 4 is 17.7 Å². The van der Waals surface area contributed by atoms with Gasteiger partial charge in [0.15, 0.2) is 0 Å². The van der Waals surface area contributed by atoms with Crippen molar-refractivity contribution in [2.24, 2.45) is 0 Å². The van der Waals surface area contributed by atoms with Gasteiger partial charge in [-0.25, -0.2) is 0 Å². The molecule has 1 unspecified atom stereocenters. The van der Waals surface area contributed by atoms with Gasteiger partial charge in [-0.3, -0.25) is 4.79 Å². The van der Waals surface area contributed by atoms with Crippen molar-refractivity contribution in [1.29, 1.82) is 0 Å². The Morgan fingerprint density at radius 3 is 2.70 bits per heavy atom. The Balaban J connectivity index is 2.66. The normalized spacial score (nSPS) is 12.4. The zero-order valence-corrected chi connectivity index (χ0v) is 13.6. The van der Waals surface area contributed by atoms with E-state index in [4.69, 9.17) is 4.74 Å². The molecule has 0 spiro atoms. The molecule has 20 heavy (non-hydrogen) atoms. The fraction of sp³-hybridized carbons (Fsp3) is 0.562. The van der Waals surface area contributed by atoms with Gasteiger partial charge in [0.25, 0.3) is 0 Å². The average molecular weight is 295 g/mol. The first-order valence-electron chi connectivity index (χ1n) is 7.22. The van der Waals surface area contributed by atoms with Gasteiger partial charge >= 0.3 is 5.97 Å². The van der Waals surface area contributed by atoms with Crippen LogP contribution in [-0.4, -0.2) is 23.9 Å². The summed E-state index contributed by atoms with van der Waals surface area (Å²) >= 11 is 1.58. The van der Waals surface area contributed by atoms with Crippen molar-refractivity contribution in [3.05, 3.63) is 29.8 Å². The summed E-state index contributed by atoms with van der Waals surface area (Å²) in [6, 6.07) is 8.80. The topological polar surface area (TPSA) is 38.3 Å². The third-order valence-corrected chi connectivity index (χ3v) is 4.15. The second-order valence-corrected chi connectivity index (χ2v) is 6.23. The number of hydrogen-bond donors (Lipinski definition) is 1. The van der Waals surface area contributed by atoms with E-state index in [1.165, 1.54) is 5.56 Å². The Kier molecular flexibility index (Phi) is 7.70. The number of thioether (sulfide) groups is 1. The zero-order valence-electron chi connectivity index (χ0n) is 12.8. The van der Waals surface area contributed by atoms with Gasteiger partial charge in [0, 0.05) is 17.5 Å². The molecule has 0 aromatic heterocycles. The molecule has 0 radical (unpaired) electrons. The van der Waals surface area contributed by atoms with Crippen LogP contribution in [0.2, 0.25) is 0 Å². The SMILES string of the molecule is CCOC(=O)C(CC)Sc1cccc(CNC(C)C)c1. The van der Waals surface area contributed by atoms with E-state index in [0.29, 0.717) is 12.6 Å². The van der Waals surface area contributed by atoms with Crippen LogP contribution in [0.15, 0.2) is 29.2 Å². The smallest absolute Gasteiger partial charge is 0.319 e. The van der Waals surface area contributed by atoms with Gasteiger partial charge in [-0.05, 0) is 31.0 Å². The molecule has 0 aliphatic heterocycles. The molecule has 0 bridgehead atoms. The van der Waals surface area contributed by atoms with E-state index < -0.39 is 0 Å². The van der Waals surface area contributed by atoms with E-state index in [0.717, 1.165) is 17.9 Å². The second kappa shape index (κ2) is 9.03.